The van der Waals surface area contributed by atoms with Crippen molar-refractivity contribution in [2.24, 2.45) is 0 Å². The molecule has 1 heterocycles. The second kappa shape index (κ2) is 9.30. The molecule has 0 amide bonds. The smallest absolute Gasteiger partial charge is 0.243 e. The van der Waals surface area contributed by atoms with E-state index in [1.54, 1.807) is 20.1 Å². The van der Waals surface area contributed by atoms with Gasteiger partial charge in [-0.25, -0.2) is 16.8 Å². The molecular weight excluding hydrogens is 442 g/mol. The Balaban J connectivity index is 1.99. The fourth-order valence-corrected chi connectivity index (χ4v) is 6.04. The van der Waals surface area contributed by atoms with E-state index in [0.717, 1.165) is 10.4 Å². The van der Waals surface area contributed by atoms with E-state index in [4.69, 9.17) is 4.74 Å². The van der Waals surface area contributed by atoms with E-state index in [0.29, 0.717) is 5.75 Å². The lowest BCUT2D eigenvalue weighted by Gasteiger charge is -2.23. The maximum Gasteiger partial charge on any atom is 0.243 e. The van der Waals surface area contributed by atoms with Crippen LogP contribution in [0, 0.1) is 0 Å². The highest BCUT2D eigenvalue weighted by Gasteiger charge is 2.27. The summed E-state index contributed by atoms with van der Waals surface area (Å²) < 4.78 is 57.7. The van der Waals surface area contributed by atoms with Gasteiger partial charge in [0.05, 0.1) is 22.7 Å². The summed E-state index contributed by atoms with van der Waals surface area (Å²) in [5, 5.41) is 1.90. The van der Waals surface area contributed by atoms with Crippen LogP contribution in [0.25, 0.3) is 0 Å². The van der Waals surface area contributed by atoms with Crippen molar-refractivity contribution in [2.45, 2.75) is 29.8 Å². The number of nitrogens with zero attached hydrogens (tertiary/aromatic N) is 1. The third-order valence-corrected chi connectivity index (χ3v) is 9.07. The standard InChI is InChI=1S/C21H23NO5S3/c1-3-29(23,24)19-10-12-20(13-11-19)30(25,26)22(16-18-8-6-14-28-18)15-17-7-4-5-9-21(17)27-2/h4-14H,3,15-16H2,1-2H3. The molecule has 0 aliphatic rings. The Kier molecular flexibility index (Phi) is 6.97. The molecule has 0 atom stereocenters. The largest absolute Gasteiger partial charge is 0.496 e. The molecule has 30 heavy (non-hydrogen) atoms. The molecule has 0 spiro atoms. The molecule has 3 rings (SSSR count). The lowest BCUT2D eigenvalue weighted by molar-refractivity contribution is 0.377. The van der Waals surface area contributed by atoms with Crippen LogP contribution in [-0.2, 0) is 33.0 Å². The van der Waals surface area contributed by atoms with Gasteiger partial charge < -0.3 is 4.74 Å². The molecule has 1 aromatic heterocycles. The number of methoxy groups -OCH3 is 1. The van der Waals surface area contributed by atoms with Crippen molar-refractivity contribution in [2.75, 3.05) is 12.9 Å². The summed E-state index contributed by atoms with van der Waals surface area (Å²) in [4.78, 5) is 1.06. The van der Waals surface area contributed by atoms with E-state index in [1.165, 1.54) is 39.9 Å². The van der Waals surface area contributed by atoms with Gasteiger partial charge in [0.25, 0.3) is 0 Å². The summed E-state index contributed by atoms with van der Waals surface area (Å²) >= 11 is 1.48. The molecule has 0 saturated heterocycles. The minimum Gasteiger partial charge on any atom is -0.496 e. The van der Waals surface area contributed by atoms with Crippen LogP contribution >= 0.6 is 11.3 Å². The summed E-state index contributed by atoms with van der Waals surface area (Å²) in [6.07, 6.45) is 0. The quantitative estimate of drug-likeness (QED) is 0.478. The number of sulfonamides is 1. The molecule has 9 heteroatoms. The maximum absolute atomic E-state index is 13.4. The molecule has 2 aromatic carbocycles. The van der Waals surface area contributed by atoms with E-state index < -0.39 is 19.9 Å². The van der Waals surface area contributed by atoms with Crippen LogP contribution in [0.1, 0.15) is 17.4 Å². The number of thiophene rings is 1. The van der Waals surface area contributed by atoms with Gasteiger partial charge >= 0.3 is 0 Å². The van der Waals surface area contributed by atoms with Crippen LogP contribution in [0.4, 0.5) is 0 Å². The fourth-order valence-electron chi connectivity index (χ4n) is 2.96. The molecule has 0 aliphatic carbocycles. The SMILES string of the molecule is CCS(=O)(=O)c1ccc(S(=O)(=O)N(Cc2cccs2)Cc2ccccc2OC)cc1. The van der Waals surface area contributed by atoms with Crippen molar-refractivity contribution in [3.8, 4) is 5.75 Å². The first-order valence-corrected chi connectivity index (χ1v) is 13.2. The second-order valence-electron chi connectivity index (χ2n) is 6.54. The first kappa shape index (κ1) is 22.5. The molecule has 0 aliphatic heterocycles. The summed E-state index contributed by atoms with van der Waals surface area (Å²) in [7, 11) is -5.74. The van der Waals surface area contributed by atoms with Crippen molar-refractivity contribution in [3.63, 3.8) is 0 Å². The van der Waals surface area contributed by atoms with Crippen molar-refractivity contribution in [3.05, 3.63) is 76.5 Å². The van der Waals surface area contributed by atoms with Crippen LogP contribution in [-0.4, -0.2) is 34.0 Å². The topological polar surface area (TPSA) is 80.8 Å². The summed E-state index contributed by atoms with van der Waals surface area (Å²) in [5.74, 6) is 0.561. The Hall–Kier alpha value is -2.20. The molecule has 3 aromatic rings. The van der Waals surface area contributed by atoms with Gasteiger partial charge in [0.1, 0.15) is 5.75 Å². The predicted molar refractivity (Wildman–Crippen MR) is 118 cm³/mol. The predicted octanol–water partition coefficient (Wildman–Crippen LogP) is 3.94. The van der Waals surface area contributed by atoms with E-state index >= 15 is 0 Å². The van der Waals surface area contributed by atoms with Crippen LogP contribution in [0.15, 0.2) is 75.8 Å². The fraction of sp³-hybridized carbons (Fsp3) is 0.238. The molecule has 0 unspecified atom stereocenters. The molecule has 0 bridgehead atoms. The van der Waals surface area contributed by atoms with Gasteiger partial charge in [0, 0.05) is 23.5 Å². The molecule has 0 radical (unpaired) electrons. The Morgan fingerprint density at radius 1 is 0.867 bits per heavy atom. The summed E-state index contributed by atoms with van der Waals surface area (Å²) in [6.45, 7) is 1.88. The van der Waals surface area contributed by atoms with Crippen molar-refractivity contribution < 1.29 is 21.6 Å². The Labute approximate surface area is 181 Å². The van der Waals surface area contributed by atoms with Crippen LogP contribution < -0.4 is 4.74 Å². The zero-order valence-corrected chi connectivity index (χ0v) is 19.1. The lowest BCUT2D eigenvalue weighted by atomic mass is 10.2. The molecule has 0 saturated carbocycles. The van der Waals surface area contributed by atoms with Gasteiger partial charge in [-0.3, -0.25) is 0 Å². The van der Waals surface area contributed by atoms with Crippen LogP contribution in [0.5, 0.6) is 5.75 Å². The van der Waals surface area contributed by atoms with Gasteiger partial charge in [-0.1, -0.05) is 31.2 Å². The van der Waals surface area contributed by atoms with Crippen molar-refractivity contribution in [1.82, 2.24) is 4.31 Å². The second-order valence-corrected chi connectivity index (χ2v) is 11.8. The van der Waals surface area contributed by atoms with E-state index in [9.17, 15) is 16.8 Å². The third kappa shape index (κ3) is 4.92. The Morgan fingerprint density at radius 2 is 1.53 bits per heavy atom. The van der Waals surface area contributed by atoms with E-state index in [2.05, 4.69) is 0 Å². The van der Waals surface area contributed by atoms with Gasteiger partial charge in [0.15, 0.2) is 9.84 Å². The molecule has 160 valence electrons. The number of benzene rings is 2. The number of sulfone groups is 1. The monoisotopic (exact) mass is 465 g/mol. The maximum atomic E-state index is 13.4. The zero-order chi connectivity index (χ0) is 21.8. The van der Waals surface area contributed by atoms with E-state index in [-0.39, 0.29) is 28.6 Å². The number of rotatable bonds is 9. The van der Waals surface area contributed by atoms with Crippen molar-refractivity contribution in [1.29, 1.82) is 0 Å². The average molecular weight is 466 g/mol. The molecule has 0 fully saturated rings. The minimum absolute atomic E-state index is 0.0442. The Bertz CT molecular complexity index is 1190. The van der Waals surface area contributed by atoms with Gasteiger partial charge in [-0.05, 0) is 41.8 Å². The molecule has 6 nitrogen and oxygen atoms in total. The zero-order valence-electron chi connectivity index (χ0n) is 16.7. The molecule has 0 N–H and O–H groups in total. The first-order chi connectivity index (χ1) is 14.3. The highest BCUT2D eigenvalue weighted by Crippen LogP contribution is 2.27. The highest BCUT2D eigenvalue weighted by atomic mass is 32.2. The number of hydrogen-bond acceptors (Lipinski definition) is 6. The Morgan fingerprint density at radius 3 is 2.13 bits per heavy atom. The van der Waals surface area contributed by atoms with Crippen molar-refractivity contribution >= 4 is 31.2 Å². The van der Waals surface area contributed by atoms with Crippen LogP contribution in [0.2, 0.25) is 0 Å². The first-order valence-electron chi connectivity index (χ1n) is 9.25. The van der Waals surface area contributed by atoms with E-state index in [1.807, 2.05) is 35.7 Å². The number of ether oxygens (including phenoxy) is 1. The summed E-state index contributed by atoms with van der Waals surface area (Å²) in [5.41, 5.74) is 0.741. The molecular formula is C21H23NO5S3. The minimum atomic E-state index is -3.88. The van der Waals surface area contributed by atoms with Gasteiger partial charge in [0.2, 0.25) is 10.0 Å². The third-order valence-electron chi connectivity index (χ3n) is 4.65. The number of hydrogen-bond donors (Lipinski definition) is 0. The average Bonchev–Trinajstić information content (AvgIpc) is 3.27. The summed E-state index contributed by atoms with van der Waals surface area (Å²) in [6, 6.07) is 16.4. The highest BCUT2D eigenvalue weighted by molar-refractivity contribution is 7.91. The number of para-hydroxylation sites is 1. The lowest BCUT2D eigenvalue weighted by Crippen LogP contribution is -2.30. The van der Waals surface area contributed by atoms with Crippen LogP contribution in [0.3, 0.4) is 0 Å². The van der Waals surface area contributed by atoms with Gasteiger partial charge in [-0.15, -0.1) is 11.3 Å². The normalized spacial score (nSPS) is 12.2. The van der Waals surface area contributed by atoms with Gasteiger partial charge in [-0.2, -0.15) is 4.31 Å².